The van der Waals surface area contributed by atoms with Crippen LogP contribution < -0.4 is 0 Å². The molecule has 0 spiro atoms. The van der Waals surface area contributed by atoms with Gasteiger partial charge in [-0.05, 0) is 38.7 Å². The van der Waals surface area contributed by atoms with Gasteiger partial charge in [-0.1, -0.05) is 42.5 Å². The van der Waals surface area contributed by atoms with Crippen LogP contribution in [0.2, 0.25) is 0 Å². The number of allylic oxidation sites excluding steroid dienone is 1. The monoisotopic (exact) mass is 338 g/mol. The number of carbonyl (C=O) groups is 1. The molecular weight excluding hydrogens is 312 g/mol. The van der Waals surface area contributed by atoms with Crippen molar-refractivity contribution in [2.45, 2.75) is 45.6 Å². The van der Waals surface area contributed by atoms with Crippen LogP contribution in [0, 0.1) is 13.8 Å². The van der Waals surface area contributed by atoms with Crippen LogP contribution in [-0.2, 0) is 4.79 Å². The average Bonchev–Trinajstić information content (AvgIpc) is 2.98. The van der Waals surface area contributed by atoms with Crippen LogP contribution in [-0.4, -0.2) is 38.7 Å². The molecule has 2 aromatic rings. The highest BCUT2D eigenvalue weighted by atomic mass is 16.2. The number of amides is 1. The van der Waals surface area contributed by atoms with Gasteiger partial charge >= 0.3 is 0 Å². The zero-order valence-corrected chi connectivity index (χ0v) is 15.1. The molecule has 132 valence electrons. The van der Waals surface area contributed by atoms with Gasteiger partial charge in [0.05, 0.1) is 6.04 Å². The third kappa shape index (κ3) is 4.56. The van der Waals surface area contributed by atoms with Crippen molar-refractivity contribution in [1.29, 1.82) is 0 Å². The van der Waals surface area contributed by atoms with Gasteiger partial charge in [0.1, 0.15) is 11.6 Å². The summed E-state index contributed by atoms with van der Waals surface area (Å²) in [5, 5.41) is 4.49. The lowest BCUT2D eigenvalue weighted by molar-refractivity contribution is -0.132. The molecule has 0 radical (unpaired) electrons. The Labute approximate surface area is 149 Å². The number of hydrogen-bond acceptors (Lipinski definition) is 3. The predicted octanol–water partition coefficient (Wildman–Crippen LogP) is 3.55. The summed E-state index contributed by atoms with van der Waals surface area (Å²) in [6.07, 6.45) is 7.57. The van der Waals surface area contributed by atoms with Gasteiger partial charge in [0, 0.05) is 19.5 Å². The van der Waals surface area contributed by atoms with E-state index in [0.29, 0.717) is 6.42 Å². The zero-order chi connectivity index (χ0) is 17.6. The van der Waals surface area contributed by atoms with Gasteiger partial charge in [0.2, 0.25) is 5.91 Å². The first-order valence-corrected chi connectivity index (χ1v) is 9.02. The molecule has 0 unspecified atom stereocenters. The molecule has 0 saturated carbocycles. The van der Waals surface area contributed by atoms with Crippen LogP contribution in [0.1, 0.15) is 48.9 Å². The van der Waals surface area contributed by atoms with E-state index >= 15 is 0 Å². The lowest BCUT2D eigenvalue weighted by Crippen LogP contribution is -2.41. The lowest BCUT2D eigenvalue weighted by Gasteiger charge is -2.33. The highest BCUT2D eigenvalue weighted by Crippen LogP contribution is 2.22. The summed E-state index contributed by atoms with van der Waals surface area (Å²) in [5.74, 6) is 1.96. The van der Waals surface area contributed by atoms with Crippen molar-refractivity contribution in [1.82, 2.24) is 19.7 Å². The fourth-order valence-electron chi connectivity index (χ4n) is 3.41. The number of likely N-dealkylation sites (tertiary alicyclic amines) is 1. The summed E-state index contributed by atoms with van der Waals surface area (Å²) in [7, 11) is 0. The zero-order valence-electron chi connectivity index (χ0n) is 15.1. The number of rotatable bonds is 5. The Bertz CT molecular complexity index is 735. The molecule has 1 saturated heterocycles. The Morgan fingerprint density at radius 2 is 2.08 bits per heavy atom. The topological polar surface area (TPSA) is 51.0 Å². The second-order valence-electron chi connectivity index (χ2n) is 6.64. The van der Waals surface area contributed by atoms with E-state index in [1.54, 1.807) is 0 Å². The molecule has 1 aromatic carbocycles. The number of piperidine rings is 1. The fraction of sp³-hybridized carbons (Fsp3) is 0.450. The summed E-state index contributed by atoms with van der Waals surface area (Å²) in [6, 6.07) is 10.4. The Morgan fingerprint density at radius 1 is 1.28 bits per heavy atom. The number of nitrogens with zero attached hydrogens (tertiary/aromatic N) is 4. The van der Waals surface area contributed by atoms with E-state index in [1.807, 2.05) is 41.6 Å². The molecule has 25 heavy (non-hydrogen) atoms. The first-order chi connectivity index (χ1) is 12.1. The maximum atomic E-state index is 12.5. The van der Waals surface area contributed by atoms with Crippen LogP contribution >= 0.6 is 0 Å². The second-order valence-corrected chi connectivity index (χ2v) is 6.64. The van der Waals surface area contributed by atoms with Crippen LogP contribution in [0.15, 0.2) is 36.4 Å². The molecule has 1 fully saturated rings. The normalized spacial score (nSPS) is 18.0. The van der Waals surface area contributed by atoms with E-state index in [0.717, 1.165) is 44.0 Å². The van der Waals surface area contributed by atoms with Crippen molar-refractivity contribution >= 4 is 12.0 Å². The van der Waals surface area contributed by atoms with Crippen molar-refractivity contribution in [3.63, 3.8) is 0 Å². The molecule has 5 nitrogen and oxygen atoms in total. The van der Waals surface area contributed by atoms with Gasteiger partial charge in [0.15, 0.2) is 0 Å². The third-order valence-electron chi connectivity index (χ3n) is 4.64. The van der Waals surface area contributed by atoms with E-state index in [-0.39, 0.29) is 11.9 Å². The van der Waals surface area contributed by atoms with Gasteiger partial charge in [-0.2, -0.15) is 5.10 Å². The smallest absolute Gasteiger partial charge is 0.222 e. The van der Waals surface area contributed by atoms with Crippen molar-refractivity contribution < 1.29 is 4.79 Å². The predicted molar refractivity (Wildman–Crippen MR) is 99.1 cm³/mol. The highest BCUT2D eigenvalue weighted by Gasteiger charge is 2.26. The molecule has 1 aliphatic rings. The number of aromatic nitrogens is 3. The minimum absolute atomic E-state index is 0.233. The van der Waals surface area contributed by atoms with Gasteiger partial charge in [-0.25, -0.2) is 9.67 Å². The van der Waals surface area contributed by atoms with Crippen molar-refractivity contribution in [2.24, 2.45) is 0 Å². The average molecular weight is 338 g/mol. The van der Waals surface area contributed by atoms with E-state index < -0.39 is 0 Å². The third-order valence-corrected chi connectivity index (χ3v) is 4.64. The molecule has 3 rings (SSSR count). The SMILES string of the molecule is Cc1nc(C)n([C@@H]2CCCN(C(=O)CC/C=C\c3ccccc3)C2)n1. The molecule has 2 heterocycles. The Balaban J connectivity index is 1.52. The molecule has 0 aliphatic carbocycles. The Hall–Kier alpha value is -2.43. The molecule has 1 amide bonds. The van der Waals surface area contributed by atoms with Crippen molar-refractivity contribution in [3.8, 4) is 0 Å². The molecule has 1 aromatic heterocycles. The van der Waals surface area contributed by atoms with E-state index in [4.69, 9.17) is 0 Å². The van der Waals surface area contributed by atoms with E-state index in [1.165, 1.54) is 5.56 Å². The molecule has 1 atom stereocenters. The Kier molecular flexibility index (Phi) is 5.64. The van der Waals surface area contributed by atoms with Crippen LogP contribution in [0.25, 0.3) is 6.08 Å². The van der Waals surface area contributed by atoms with Crippen LogP contribution in [0.3, 0.4) is 0 Å². The largest absolute Gasteiger partial charge is 0.341 e. The van der Waals surface area contributed by atoms with E-state index in [2.05, 4.69) is 34.4 Å². The minimum Gasteiger partial charge on any atom is -0.341 e. The number of aryl methyl sites for hydroxylation is 2. The molecule has 1 aliphatic heterocycles. The summed E-state index contributed by atoms with van der Waals surface area (Å²) in [5.41, 5.74) is 1.17. The second kappa shape index (κ2) is 8.10. The molecule has 0 bridgehead atoms. The minimum atomic E-state index is 0.233. The number of benzene rings is 1. The number of carbonyl (C=O) groups excluding carboxylic acids is 1. The van der Waals surface area contributed by atoms with Gasteiger partial charge in [0.25, 0.3) is 0 Å². The molecule has 0 N–H and O–H groups in total. The van der Waals surface area contributed by atoms with Crippen LogP contribution in [0.4, 0.5) is 0 Å². The molecular formula is C20H26N4O. The first kappa shape index (κ1) is 17.4. The summed E-state index contributed by atoms with van der Waals surface area (Å²) in [6.45, 7) is 5.48. The molecule has 5 heteroatoms. The standard InChI is InChI=1S/C20H26N4O/c1-16-21-17(2)24(22-16)19-12-8-14-23(15-19)20(25)13-7-6-11-18-9-4-3-5-10-18/h3-6,9-11,19H,7-8,12-15H2,1-2H3/b11-6-/t19-/m1/s1. The van der Waals surface area contributed by atoms with Crippen LogP contribution in [0.5, 0.6) is 0 Å². The summed E-state index contributed by atoms with van der Waals surface area (Å²) in [4.78, 5) is 18.9. The first-order valence-electron chi connectivity index (χ1n) is 9.02. The number of hydrogen-bond donors (Lipinski definition) is 0. The van der Waals surface area contributed by atoms with Gasteiger partial charge in [-0.3, -0.25) is 4.79 Å². The Morgan fingerprint density at radius 3 is 2.80 bits per heavy atom. The maximum Gasteiger partial charge on any atom is 0.222 e. The van der Waals surface area contributed by atoms with Crippen molar-refractivity contribution in [2.75, 3.05) is 13.1 Å². The fourth-order valence-corrected chi connectivity index (χ4v) is 3.41. The summed E-state index contributed by atoms with van der Waals surface area (Å²) >= 11 is 0. The van der Waals surface area contributed by atoms with Gasteiger partial charge < -0.3 is 4.90 Å². The van der Waals surface area contributed by atoms with E-state index in [9.17, 15) is 4.79 Å². The van der Waals surface area contributed by atoms with Crippen molar-refractivity contribution in [3.05, 3.63) is 53.6 Å². The summed E-state index contributed by atoms with van der Waals surface area (Å²) < 4.78 is 1.99. The maximum absolute atomic E-state index is 12.5. The lowest BCUT2D eigenvalue weighted by atomic mass is 10.0. The van der Waals surface area contributed by atoms with Gasteiger partial charge in [-0.15, -0.1) is 0 Å². The highest BCUT2D eigenvalue weighted by molar-refractivity contribution is 5.76. The quantitative estimate of drug-likeness (QED) is 0.838.